The van der Waals surface area contributed by atoms with E-state index in [0.717, 1.165) is 35.0 Å². The van der Waals surface area contributed by atoms with Gasteiger partial charge < -0.3 is 5.32 Å². The Morgan fingerprint density at radius 3 is 3.00 bits per heavy atom. The van der Waals surface area contributed by atoms with E-state index in [0.29, 0.717) is 12.6 Å². The van der Waals surface area contributed by atoms with Crippen molar-refractivity contribution in [1.29, 1.82) is 0 Å². The Bertz CT molecular complexity index is 596. The summed E-state index contributed by atoms with van der Waals surface area (Å²) in [6.45, 7) is 3.55. The van der Waals surface area contributed by atoms with Crippen LogP contribution in [0.25, 0.3) is 0 Å². The van der Waals surface area contributed by atoms with E-state index in [1.54, 1.807) is 6.07 Å². The van der Waals surface area contributed by atoms with Gasteiger partial charge in [0.15, 0.2) is 0 Å². The lowest BCUT2D eigenvalue weighted by Gasteiger charge is -2.06. The van der Waals surface area contributed by atoms with Gasteiger partial charge in [-0.15, -0.1) is 5.10 Å². The SMILES string of the molecule is CCNCc1cc(F)cc(Sc2nnnn2C2CC2)c1. The van der Waals surface area contributed by atoms with Crippen molar-refractivity contribution < 1.29 is 4.39 Å². The number of tetrazole rings is 1. The molecule has 106 valence electrons. The Morgan fingerprint density at radius 2 is 2.25 bits per heavy atom. The summed E-state index contributed by atoms with van der Waals surface area (Å²) in [4.78, 5) is 0.828. The van der Waals surface area contributed by atoms with Gasteiger partial charge in [-0.3, -0.25) is 0 Å². The van der Waals surface area contributed by atoms with Gasteiger partial charge in [-0.2, -0.15) is 0 Å². The molecule has 1 aromatic heterocycles. The molecule has 0 saturated heterocycles. The number of nitrogens with one attached hydrogen (secondary N) is 1. The fourth-order valence-corrected chi connectivity index (χ4v) is 2.91. The molecule has 1 heterocycles. The van der Waals surface area contributed by atoms with Crippen LogP contribution in [0.4, 0.5) is 4.39 Å². The first-order valence-electron chi connectivity index (χ1n) is 6.72. The van der Waals surface area contributed by atoms with E-state index in [1.807, 2.05) is 17.7 Å². The summed E-state index contributed by atoms with van der Waals surface area (Å²) in [5.41, 5.74) is 0.930. The zero-order chi connectivity index (χ0) is 13.9. The first kappa shape index (κ1) is 13.5. The monoisotopic (exact) mass is 293 g/mol. The summed E-state index contributed by atoms with van der Waals surface area (Å²) in [5.74, 6) is -0.228. The molecule has 0 amide bonds. The summed E-state index contributed by atoms with van der Waals surface area (Å²) >= 11 is 1.41. The molecule has 5 nitrogen and oxygen atoms in total. The Kier molecular flexibility index (Phi) is 3.98. The van der Waals surface area contributed by atoms with E-state index < -0.39 is 0 Å². The topological polar surface area (TPSA) is 55.6 Å². The van der Waals surface area contributed by atoms with Gasteiger partial charge >= 0.3 is 0 Å². The van der Waals surface area contributed by atoms with E-state index in [-0.39, 0.29) is 5.82 Å². The number of benzene rings is 1. The molecule has 0 aliphatic heterocycles. The van der Waals surface area contributed by atoms with Crippen LogP contribution in [0.15, 0.2) is 28.3 Å². The largest absolute Gasteiger partial charge is 0.313 e. The van der Waals surface area contributed by atoms with Gasteiger partial charge in [-0.1, -0.05) is 6.92 Å². The van der Waals surface area contributed by atoms with Crippen LogP contribution in [0.2, 0.25) is 0 Å². The van der Waals surface area contributed by atoms with Crippen molar-refractivity contribution in [3.63, 3.8) is 0 Å². The van der Waals surface area contributed by atoms with Gasteiger partial charge in [0.05, 0.1) is 6.04 Å². The fraction of sp³-hybridized carbons (Fsp3) is 0.462. The molecule has 1 aliphatic carbocycles. The minimum Gasteiger partial charge on any atom is -0.313 e. The predicted octanol–water partition coefficient (Wildman–Crippen LogP) is 2.41. The third kappa shape index (κ3) is 3.16. The zero-order valence-electron chi connectivity index (χ0n) is 11.2. The predicted molar refractivity (Wildman–Crippen MR) is 74.0 cm³/mol. The molecule has 20 heavy (non-hydrogen) atoms. The van der Waals surface area contributed by atoms with Crippen LogP contribution >= 0.6 is 11.8 Å². The average Bonchev–Trinajstić information content (AvgIpc) is 3.17. The summed E-state index contributed by atoms with van der Waals surface area (Å²) in [5, 5.41) is 15.7. The maximum atomic E-state index is 13.7. The summed E-state index contributed by atoms with van der Waals surface area (Å²) in [6.07, 6.45) is 2.24. The average molecular weight is 293 g/mol. The normalized spacial score (nSPS) is 14.7. The van der Waals surface area contributed by atoms with E-state index in [1.165, 1.54) is 17.8 Å². The standard InChI is InChI=1S/C13H16FN5S/c1-2-15-8-9-5-10(14)7-12(6-9)20-13-16-17-18-19(13)11-3-4-11/h5-7,11,15H,2-4,8H2,1H3. The Labute approximate surface area is 120 Å². The smallest absolute Gasteiger partial charge is 0.214 e. The number of aromatic nitrogens is 4. The quantitative estimate of drug-likeness (QED) is 0.886. The first-order chi connectivity index (χ1) is 9.76. The maximum Gasteiger partial charge on any atom is 0.214 e. The highest BCUT2D eigenvalue weighted by Crippen LogP contribution is 2.38. The third-order valence-electron chi connectivity index (χ3n) is 3.07. The van der Waals surface area contributed by atoms with Crippen LogP contribution in [0.3, 0.4) is 0 Å². The molecular weight excluding hydrogens is 277 g/mol. The van der Waals surface area contributed by atoms with Gasteiger partial charge in [0.25, 0.3) is 0 Å². The molecule has 7 heteroatoms. The van der Waals surface area contributed by atoms with E-state index in [9.17, 15) is 4.39 Å². The highest BCUT2D eigenvalue weighted by atomic mass is 32.2. The summed E-state index contributed by atoms with van der Waals surface area (Å²) in [7, 11) is 0. The van der Waals surface area contributed by atoms with Crippen molar-refractivity contribution in [3.05, 3.63) is 29.6 Å². The Morgan fingerprint density at radius 1 is 1.40 bits per heavy atom. The minimum absolute atomic E-state index is 0.228. The molecule has 2 aromatic rings. The highest BCUT2D eigenvalue weighted by Gasteiger charge is 2.28. The van der Waals surface area contributed by atoms with Crippen LogP contribution in [0.5, 0.6) is 0 Å². The molecular formula is C13H16FN5S. The second-order valence-corrected chi connectivity index (χ2v) is 5.86. The molecule has 0 radical (unpaired) electrons. The van der Waals surface area contributed by atoms with E-state index in [2.05, 4.69) is 20.8 Å². The van der Waals surface area contributed by atoms with Crippen molar-refractivity contribution in [2.24, 2.45) is 0 Å². The number of nitrogens with zero attached hydrogens (tertiary/aromatic N) is 4. The fourth-order valence-electron chi connectivity index (χ4n) is 1.96. The molecule has 1 aromatic carbocycles. The van der Waals surface area contributed by atoms with Crippen LogP contribution in [0.1, 0.15) is 31.4 Å². The van der Waals surface area contributed by atoms with Gasteiger partial charge in [-0.25, -0.2) is 9.07 Å². The molecule has 0 unspecified atom stereocenters. The zero-order valence-corrected chi connectivity index (χ0v) is 12.0. The minimum atomic E-state index is -0.228. The van der Waals surface area contributed by atoms with Crippen molar-refractivity contribution in [2.45, 2.75) is 42.4 Å². The molecule has 1 aliphatic rings. The number of hydrogen-bond acceptors (Lipinski definition) is 5. The van der Waals surface area contributed by atoms with Gasteiger partial charge in [-0.05, 0) is 65.3 Å². The van der Waals surface area contributed by atoms with Gasteiger partial charge in [0.2, 0.25) is 5.16 Å². The molecule has 0 spiro atoms. The molecule has 0 atom stereocenters. The van der Waals surface area contributed by atoms with Crippen LogP contribution in [0, 0.1) is 5.82 Å². The van der Waals surface area contributed by atoms with E-state index >= 15 is 0 Å². The van der Waals surface area contributed by atoms with Crippen LogP contribution < -0.4 is 5.32 Å². The van der Waals surface area contributed by atoms with E-state index in [4.69, 9.17) is 0 Å². The lowest BCUT2D eigenvalue weighted by molar-refractivity contribution is 0.565. The van der Waals surface area contributed by atoms with Crippen molar-refractivity contribution in [1.82, 2.24) is 25.5 Å². The molecule has 1 fully saturated rings. The van der Waals surface area contributed by atoms with Crippen molar-refractivity contribution in [3.8, 4) is 0 Å². The number of halogens is 1. The summed E-state index contributed by atoms with van der Waals surface area (Å²) < 4.78 is 15.5. The van der Waals surface area contributed by atoms with Crippen molar-refractivity contribution >= 4 is 11.8 Å². The molecule has 3 rings (SSSR count). The Hall–Kier alpha value is -1.47. The second-order valence-electron chi connectivity index (χ2n) is 4.81. The highest BCUT2D eigenvalue weighted by molar-refractivity contribution is 7.99. The van der Waals surface area contributed by atoms with Crippen LogP contribution in [-0.2, 0) is 6.54 Å². The van der Waals surface area contributed by atoms with Gasteiger partial charge in [0, 0.05) is 11.4 Å². The summed E-state index contributed by atoms with van der Waals surface area (Å²) in [6, 6.07) is 5.47. The number of rotatable bonds is 6. The van der Waals surface area contributed by atoms with Crippen LogP contribution in [-0.4, -0.2) is 26.8 Å². The number of hydrogen-bond donors (Lipinski definition) is 1. The van der Waals surface area contributed by atoms with Crippen molar-refractivity contribution in [2.75, 3.05) is 6.54 Å². The maximum absolute atomic E-state index is 13.7. The molecule has 0 bridgehead atoms. The molecule has 1 saturated carbocycles. The first-order valence-corrected chi connectivity index (χ1v) is 7.54. The third-order valence-corrected chi connectivity index (χ3v) is 4.00. The molecule has 1 N–H and O–H groups in total. The lowest BCUT2D eigenvalue weighted by atomic mass is 10.2. The van der Waals surface area contributed by atoms with Gasteiger partial charge in [0.1, 0.15) is 5.82 Å². The lowest BCUT2D eigenvalue weighted by Crippen LogP contribution is -2.11. The Balaban J connectivity index is 1.79. The second kappa shape index (κ2) is 5.88.